The van der Waals surface area contributed by atoms with Gasteiger partial charge in [-0.15, -0.1) is 0 Å². The Bertz CT molecular complexity index is 446. The maximum atomic E-state index is 12.7. The number of rotatable bonds is 7. The van der Waals surface area contributed by atoms with Gasteiger partial charge in [0.15, 0.2) is 0 Å². The third kappa shape index (κ3) is 4.80. The largest absolute Gasteiger partial charge is 0.379 e. The Balaban J connectivity index is 1.92. The standard InChI is InChI=1S/C17H27N3O2/c1-15(19-11-13-22-14-12-19)17(21)20(10-8-18)9-7-16-5-3-2-4-6-16/h2-6,15H,7-14,18H2,1H3. The number of hydrogen-bond donors (Lipinski definition) is 1. The van der Waals surface area contributed by atoms with Gasteiger partial charge in [0.05, 0.1) is 19.3 Å². The van der Waals surface area contributed by atoms with Gasteiger partial charge in [-0.25, -0.2) is 0 Å². The minimum absolute atomic E-state index is 0.105. The number of carbonyl (C=O) groups excluding carboxylic acids is 1. The second-order valence-electron chi connectivity index (χ2n) is 5.67. The fourth-order valence-corrected chi connectivity index (χ4v) is 2.78. The van der Waals surface area contributed by atoms with E-state index in [4.69, 9.17) is 10.5 Å². The highest BCUT2D eigenvalue weighted by Gasteiger charge is 2.26. The van der Waals surface area contributed by atoms with E-state index in [9.17, 15) is 4.79 Å². The molecule has 122 valence electrons. The molecule has 1 aromatic carbocycles. The van der Waals surface area contributed by atoms with Crippen LogP contribution in [0.15, 0.2) is 30.3 Å². The second kappa shape index (κ2) is 8.88. The monoisotopic (exact) mass is 305 g/mol. The Hall–Kier alpha value is -1.43. The van der Waals surface area contributed by atoms with Gasteiger partial charge in [0, 0.05) is 32.7 Å². The summed E-state index contributed by atoms with van der Waals surface area (Å²) in [5.41, 5.74) is 6.93. The molecule has 1 aliphatic rings. The van der Waals surface area contributed by atoms with Crippen molar-refractivity contribution in [3.8, 4) is 0 Å². The van der Waals surface area contributed by atoms with E-state index < -0.39 is 0 Å². The van der Waals surface area contributed by atoms with Gasteiger partial charge in [0.1, 0.15) is 0 Å². The van der Waals surface area contributed by atoms with Crippen molar-refractivity contribution in [1.29, 1.82) is 0 Å². The Morgan fingerprint density at radius 1 is 1.27 bits per heavy atom. The third-order valence-corrected chi connectivity index (χ3v) is 4.17. The van der Waals surface area contributed by atoms with Crippen molar-refractivity contribution in [2.24, 2.45) is 5.73 Å². The van der Waals surface area contributed by atoms with Gasteiger partial charge >= 0.3 is 0 Å². The highest BCUT2D eigenvalue weighted by Crippen LogP contribution is 2.09. The van der Waals surface area contributed by atoms with Crippen LogP contribution < -0.4 is 5.73 Å². The number of morpholine rings is 1. The van der Waals surface area contributed by atoms with E-state index in [2.05, 4.69) is 17.0 Å². The molecule has 2 N–H and O–H groups in total. The molecule has 2 rings (SSSR count). The highest BCUT2D eigenvalue weighted by molar-refractivity contribution is 5.81. The lowest BCUT2D eigenvalue weighted by atomic mass is 10.1. The molecule has 1 aliphatic heterocycles. The fourth-order valence-electron chi connectivity index (χ4n) is 2.78. The number of nitrogens with zero attached hydrogens (tertiary/aromatic N) is 2. The molecule has 1 atom stereocenters. The molecule has 5 heteroatoms. The van der Waals surface area contributed by atoms with Gasteiger partial charge in [0.25, 0.3) is 0 Å². The molecule has 22 heavy (non-hydrogen) atoms. The maximum Gasteiger partial charge on any atom is 0.239 e. The van der Waals surface area contributed by atoms with Crippen LogP contribution in [0.3, 0.4) is 0 Å². The van der Waals surface area contributed by atoms with Crippen molar-refractivity contribution in [3.63, 3.8) is 0 Å². The Kier molecular flexibility index (Phi) is 6.83. The molecule has 1 saturated heterocycles. The molecular formula is C17H27N3O2. The van der Waals surface area contributed by atoms with Crippen molar-refractivity contribution < 1.29 is 9.53 Å². The van der Waals surface area contributed by atoms with Crippen molar-refractivity contribution >= 4 is 5.91 Å². The van der Waals surface area contributed by atoms with E-state index in [0.29, 0.717) is 32.8 Å². The molecule has 1 aromatic rings. The van der Waals surface area contributed by atoms with Gasteiger partial charge in [-0.3, -0.25) is 9.69 Å². The first kappa shape index (κ1) is 16.9. The average Bonchev–Trinajstić information content (AvgIpc) is 2.59. The van der Waals surface area contributed by atoms with Gasteiger partial charge < -0.3 is 15.4 Å². The molecule has 1 heterocycles. The summed E-state index contributed by atoms with van der Waals surface area (Å²) >= 11 is 0. The molecule has 0 aromatic heterocycles. The van der Waals surface area contributed by atoms with E-state index in [1.165, 1.54) is 5.56 Å². The van der Waals surface area contributed by atoms with Crippen LogP contribution in [-0.4, -0.2) is 67.7 Å². The molecular weight excluding hydrogens is 278 g/mol. The van der Waals surface area contributed by atoms with Crippen LogP contribution in [0.25, 0.3) is 0 Å². The van der Waals surface area contributed by atoms with E-state index in [1.807, 2.05) is 30.0 Å². The quantitative estimate of drug-likeness (QED) is 0.807. The predicted molar refractivity (Wildman–Crippen MR) is 87.6 cm³/mol. The zero-order chi connectivity index (χ0) is 15.8. The molecule has 0 radical (unpaired) electrons. The molecule has 1 unspecified atom stereocenters. The average molecular weight is 305 g/mol. The van der Waals surface area contributed by atoms with Crippen molar-refractivity contribution in [2.75, 3.05) is 45.9 Å². The van der Waals surface area contributed by atoms with Crippen LogP contribution >= 0.6 is 0 Å². The SMILES string of the molecule is CC(C(=O)N(CCN)CCc1ccccc1)N1CCOCC1. The molecule has 1 fully saturated rings. The van der Waals surface area contributed by atoms with Crippen LogP contribution in [0.2, 0.25) is 0 Å². The smallest absolute Gasteiger partial charge is 0.239 e. The molecule has 0 spiro atoms. The third-order valence-electron chi connectivity index (χ3n) is 4.17. The summed E-state index contributed by atoms with van der Waals surface area (Å²) in [6.07, 6.45) is 0.864. The lowest BCUT2D eigenvalue weighted by Crippen LogP contribution is -2.52. The van der Waals surface area contributed by atoms with E-state index in [1.54, 1.807) is 0 Å². The maximum absolute atomic E-state index is 12.7. The molecule has 1 amide bonds. The van der Waals surface area contributed by atoms with Crippen LogP contribution in [0, 0.1) is 0 Å². The first-order valence-corrected chi connectivity index (χ1v) is 8.07. The van der Waals surface area contributed by atoms with Gasteiger partial charge in [0.2, 0.25) is 5.91 Å². The van der Waals surface area contributed by atoms with E-state index >= 15 is 0 Å². The van der Waals surface area contributed by atoms with Gasteiger partial charge in [-0.2, -0.15) is 0 Å². The first-order valence-electron chi connectivity index (χ1n) is 8.07. The number of ether oxygens (including phenoxy) is 1. The topological polar surface area (TPSA) is 58.8 Å². The zero-order valence-electron chi connectivity index (χ0n) is 13.4. The number of amides is 1. The summed E-state index contributed by atoms with van der Waals surface area (Å²) in [4.78, 5) is 16.8. The van der Waals surface area contributed by atoms with Gasteiger partial charge in [-0.05, 0) is 18.9 Å². The summed E-state index contributed by atoms with van der Waals surface area (Å²) in [5.74, 6) is 0.170. The number of benzene rings is 1. The Morgan fingerprint density at radius 3 is 2.59 bits per heavy atom. The summed E-state index contributed by atoms with van der Waals surface area (Å²) in [7, 11) is 0. The van der Waals surface area contributed by atoms with E-state index in [-0.39, 0.29) is 11.9 Å². The summed E-state index contributed by atoms with van der Waals surface area (Å²) in [6.45, 7) is 6.87. The van der Waals surface area contributed by atoms with Crippen molar-refractivity contribution in [2.45, 2.75) is 19.4 Å². The molecule has 5 nitrogen and oxygen atoms in total. The molecule has 0 saturated carbocycles. The normalized spacial score (nSPS) is 17.2. The zero-order valence-corrected chi connectivity index (χ0v) is 13.4. The fraction of sp³-hybridized carbons (Fsp3) is 0.588. The van der Waals surface area contributed by atoms with Crippen molar-refractivity contribution in [1.82, 2.24) is 9.80 Å². The summed E-state index contributed by atoms with van der Waals surface area (Å²) in [5, 5.41) is 0. The first-order chi connectivity index (χ1) is 10.7. The summed E-state index contributed by atoms with van der Waals surface area (Å²) < 4.78 is 5.36. The van der Waals surface area contributed by atoms with Crippen molar-refractivity contribution in [3.05, 3.63) is 35.9 Å². The number of nitrogens with two attached hydrogens (primary N) is 1. The highest BCUT2D eigenvalue weighted by atomic mass is 16.5. The number of carbonyl (C=O) groups is 1. The number of hydrogen-bond acceptors (Lipinski definition) is 4. The Labute approximate surface area is 133 Å². The van der Waals surface area contributed by atoms with Crippen LogP contribution in [0.1, 0.15) is 12.5 Å². The lowest BCUT2D eigenvalue weighted by Gasteiger charge is -2.34. The molecule has 0 aliphatic carbocycles. The lowest BCUT2D eigenvalue weighted by molar-refractivity contribution is -0.137. The van der Waals surface area contributed by atoms with E-state index in [0.717, 1.165) is 19.5 Å². The minimum Gasteiger partial charge on any atom is -0.379 e. The second-order valence-corrected chi connectivity index (χ2v) is 5.67. The van der Waals surface area contributed by atoms with Crippen LogP contribution in [-0.2, 0) is 16.0 Å². The van der Waals surface area contributed by atoms with Gasteiger partial charge in [-0.1, -0.05) is 30.3 Å². The Morgan fingerprint density at radius 2 is 1.95 bits per heavy atom. The minimum atomic E-state index is -0.105. The predicted octanol–water partition coefficient (Wildman–Crippen LogP) is 0.737. The molecule has 0 bridgehead atoms. The van der Waals surface area contributed by atoms with Crippen LogP contribution in [0.4, 0.5) is 0 Å². The summed E-state index contributed by atoms with van der Waals surface area (Å²) in [6, 6.07) is 10.1. The van der Waals surface area contributed by atoms with Crippen LogP contribution in [0.5, 0.6) is 0 Å².